The number of methoxy groups -OCH3 is 1. The molecule has 16 heavy (non-hydrogen) atoms. The predicted molar refractivity (Wildman–Crippen MR) is 59.1 cm³/mol. The number of ether oxygens (including phenoxy) is 2. The van der Waals surface area contributed by atoms with E-state index in [2.05, 4.69) is 10.6 Å². The molecule has 0 aromatic rings. The van der Waals surface area contributed by atoms with Gasteiger partial charge in [0.2, 0.25) is 0 Å². The molecular formula is C10H20N2O4. The Kier molecular flexibility index (Phi) is 8.24. The topological polar surface area (TPSA) is 76.7 Å². The zero-order chi connectivity index (χ0) is 12.4. The summed E-state index contributed by atoms with van der Waals surface area (Å²) in [5.74, 6) is -0.327. The number of hydrogen-bond donors (Lipinski definition) is 2. The van der Waals surface area contributed by atoms with Crippen LogP contribution in [0.15, 0.2) is 0 Å². The summed E-state index contributed by atoms with van der Waals surface area (Å²) in [6, 6.07) is -0.260. The molecule has 6 nitrogen and oxygen atoms in total. The molecule has 0 saturated carbocycles. The third kappa shape index (κ3) is 8.05. The molecule has 0 aliphatic heterocycles. The average molecular weight is 232 g/mol. The average Bonchev–Trinajstić information content (AvgIpc) is 2.24. The smallest absolute Gasteiger partial charge is 0.314 e. The van der Waals surface area contributed by atoms with Gasteiger partial charge in [0.25, 0.3) is 0 Å². The van der Waals surface area contributed by atoms with Crippen LogP contribution in [0.2, 0.25) is 0 Å². The van der Waals surface area contributed by atoms with E-state index in [1.807, 2.05) is 6.92 Å². The van der Waals surface area contributed by atoms with Crippen LogP contribution in [0.3, 0.4) is 0 Å². The van der Waals surface area contributed by atoms with Crippen LogP contribution >= 0.6 is 0 Å². The van der Waals surface area contributed by atoms with Gasteiger partial charge in [-0.15, -0.1) is 0 Å². The standard InChI is InChI=1S/C10H20N2O4/c1-4-11-10(14)12-5-6-16-9(13)7-8(2)15-3/h8H,4-7H2,1-3H3,(H2,11,12,14)/t8-/m0/s1. The molecular weight excluding hydrogens is 212 g/mol. The number of urea groups is 1. The van der Waals surface area contributed by atoms with Gasteiger partial charge in [0.15, 0.2) is 0 Å². The quantitative estimate of drug-likeness (QED) is 0.488. The maximum Gasteiger partial charge on any atom is 0.314 e. The van der Waals surface area contributed by atoms with E-state index in [0.29, 0.717) is 13.1 Å². The number of carbonyl (C=O) groups excluding carboxylic acids is 2. The number of hydrogen-bond acceptors (Lipinski definition) is 4. The van der Waals surface area contributed by atoms with Crippen molar-refractivity contribution in [3.63, 3.8) is 0 Å². The van der Waals surface area contributed by atoms with Crippen molar-refractivity contribution in [2.75, 3.05) is 26.8 Å². The highest BCUT2D eigenvalue weighted by atomic mass is 16.5. The van der Waals surface area contributed by atoms with Crippen LogP contribution in [0.25, 0.3) is 0 Å². The van der Waals surface area contributed by atoms with Gasteiger partial charge in [-0.1, -0.05) is 0 Å². The van der Waals surface area contributed by atoms with Crippen LogP contribution in [0.5, 0.6) is 0 Å². The van der Waals surface area contributed by atoms with Crippen LogP contribution in [-0.4, -0.2) is 44.9 Å². The van der Waals surface area contributed by atoms with E-state index in [1.54, 1.807) is 6.92 Å². The number of esters is 1. The molecule has 0 aromatic carbocycles. The first-order valence-corrected chi connectivity index (χ1v) is 5.30. The van der Waals surface area contributed by atoms with Crippen molar-refractivity contribution in [3.05, 3.63) is 0 Å². The summed E-state index contributed by atoms with van der Waals surface area (Å²) in [5.41, 5.74) is 0. The Bertz CT molecular complexity index is 221. The van der Waals surface area contributed by atoms with Gasteiger partial charge in [0.1, 0.15) is 6.61 Å². The van der Waals surface area contributed by atoms with Crippen molar-refractivity contribution >= 4 is 12.0 Å². The minimum absolute atomic E-state index is 0.149. The number of rotatable bonds is 7. The summed E-state index contributed by atoms with van der Waals surface area (Å²) >= 11 is 0. The fourth-order valence-electron chi connectivity index (χ4n) is 0.929. The second kappa shape index (κ2) is 8.96. The molecule has 0 aromatic heterocycles. The molecule has 0 radical (unpaired) electrons. The Hall–Kier alpha value is -1.30. The number of amides is 2. The van der Waals surface area contributed by atoms with Gasteiger partial charge in [-0.05, 0) is 13.8 Å². The van der Waals surface area contributed by atoms with Crippen molar-refractivity contribution in [2.24, 2.45) is 0 Å². The van der Waals surface area contributed by atoms with Crippen molar-refractivity contribution < 1.29 is 19.1 Å². The van der Waals surface area contributed by atoms with Crippen LogP contribution in [0, 0.1) is 0 Å². The van der Waals surface area contributed by atoms with E-state index in [-0.39, 0.29) is 31.1 Å². The monoisotopic (exact) mass is 232 g/mol. The lowest BCUT2D eigenvalue weighted by molar-refractivity contribution is -0.145. The molecule has 0 saturated heterocycles. The summed E-state index contributed by atoms with van der Waals surface area (Å²) in [5, 5.41) is 5.11. The van der Waals surface area contributed by atoms with Crippen LogP contribution in [0.1, 0.15) is 20.3 Å². The molecule has 1 atom stereocenters. The van der Waals surface area contributed by atoms with Gasteiger partial charge in [-0.25, -0.2) is 4.79 Å². The molecule has 0 fully saturated rings. The molecule has 94 valence electrons. The Morgan fingerprint density at radius 3 is 2.56 bits per heavy atom. The minimum atomic E-state index is -0.327. The van der Waals surface area contributed by atoms with Crippen molar-refractivity contribution in [2.45, 2.75) is 26.4 Å². The highest BCUT2D eigenvalue weighted by Crippen LogP contribution is 1.96. The maximum atomic E-state index is 11.2. The first kappa shape index (κ1) is 14.7. The van der Waals surface area contributed by atoms with Crippen molar-refractivity contribution in [3.8, 4) is 0 Å². The molecule has 0 unspecified atom stereocenters. The summed E-state index contributed by atoms with van der Waals surface area (Å²) in [6.07, 6.45) is 0.0707. The first-order chi connectivity index (χ1) is 7.60. The molecule has 0 bridgehead atoms. The lowest BCUT2D eigenvalue weighted by atomic mass is 10.3. The predicted octanol–water partition coefficient (Wildman–Crippen LogP) is 0.274. The second-order valence-electron chi connectivity index (χ2n) is 3.26. The Morgan fingerprint density at radius 2 is 2.00 bits per heavy atom. The van der Waals surface area contributed by atoms with Gasteiger partial charge >= 0.3 is 12.0 Å². The van der Waals surface area contributed by atoms with Gasteiger partial charge in [0, 0.05) is 13.7 Å². The highest BCUT2D eigenvalue weighted by molar-refractivity contribution is 5.73. The van der Waals surface area contributed by atoms with Gasteiger partial charge in [-0.3, -0.25) is 4.79 Å². The second-order valence-corrected chi connectivity index (χ2v) is 3.26. The van der Waals surface area contributed by atoms with E-state index < -0.39 is 0 Å². The third-order valence-electron chi connectivity index (χ3n) is 1.84. The van der Waals surface area contributed by atoms with Gasteiger partial charge in [-0.2, -0.15) is 0 Å². The molecule has 0 rings (SSSR count). The largest absolute Gasteiger partial charge is 0.464 e. The molecule has 0 spiro atoms. The molecule has 2 amide bonds. The molecule has 0 aliphatic rings. The van der Waals surface area contributed by atoms with Crippen molar-refractivity contribution in [1.82, 2.24) is 10.6 Å². The minimum Gasteiger partial charge on any atom is -0.464 e. The van der Waals surface area contributed by atoms with E-state index in [9.17, 15) is 9.59 Å². The number of carbonyl (C=O) groups is 2. The Labute approximate surface area is 95.7 Å². The summed E-state index contributed by atoms with van der Waals surface area (Å²) in [6.45, 7) is 4.66. The highest BCUT2D eigenvalue weighted by Gasteiger charge is 2.08. The van der Waals surface area contributed by atoms with E-state index >= 15 is 0 Å². The first-order valence-electron chi connectivity index (χ1n) is 5.30. The third-order valence-corrected chi connectivity index (χ3v) is 1.84. The SMILES string of the molecule is CCNC(=O)NCCOC(=O)C[C@H](C)OC. The van der Waals surface area contributed by atoms with Crippen LogP contribution in [-0.2, 0) is 14.3 Å². The zero-order valence-electron chi connectivity index (χ0n) is 10.0. The fraction of sp³-hybridized carbons (Fsp3) is 0.800. The van der Waals surface area contributed by atoms with Gasteiger partial charge in [0.05, 0.1) is 19.1 Å². The van der Waals surface area contributed by atoms with Crippen molar-refractivity contribution in [1.29, 1.82) is 0 Å². The molecule has 6 heteroatoms. The fourth-order valence-corrected chi connectivity index (χ4v) is 0.929. The van der Waals surface area contributed by atoms with E-state index in [0.717, 1.165) is 0 Å². The summed E-state index contributed by atoms with van der Waals surface area (Å²) < 4.78 is 9.80. The normalized spacial score (nSPS) is 11.7. The zero-order valence-corrected chi connectivity index (χ0v) is 10.0. The van der Waals surface area contributed by atoms with E-state index in [4.69, 9.17) is 9.47 Å². The van der Waals surface area contributed by atoms with E-state index in [1.165, 1.54) is 7.11 Å². The van der Waals surface area contributed by atoms with Crippen LogP contribution in [0.4, 0.5) is 4.79 Å². The Balaban J connectivity index is 3.44. The Morgan fingerprint density at radius 1 is 1.31 bits per heavy atom. The molecule has 0 aliphatic carbocycles. The van der Waals surface area contributed by atoms with Crippen LogP contribution < -0.4 is 10.6 Å². The van der Waals surface area contributed by atoms with Gasteiger partial charge < -0.3 is 20.1 Å². The lowest BCUT2D eigenvalue weighted by Crippen LogP contribution is -2.37. The summed E-state index contributed by atoms with van der Waals surface area (Å²) in [4.78, 5) is 22.1. The molecule has 2 N–H and O–H groups in total. The number of nitrogens with one attached hydrogen (secondary N) is 2. The lowest BCUT2D eigenvalue weighted by Gasteiger charge is -2.09. The maximum absolute atomic E-state index is 11.2. The molecule has 0 heterocycles. The summed E-state index contributed by atoms with van der Waals surface area (Å²) in [7, 11) is 1.54.